The van der Waals surface area contributed by atoms with E-state index in [0.717, 1.165) is 17.9 Å². The minimum Gasteiger partial charge on any atom is -0.481 e. The Labute approximate surface area is 166 Å². The van der Waals surface area contributed by atoms with Crippen LogP contribution in [0, 0.1) is 0 Å². The first-order valence-corrected chi connectivity index (χ1v) is 11.2. The molecule has 1 aliphatic rings. The van der Waals surface area contributed by atoms with Gasteiger partial charge < -0.3 is 9.84 Å². The molecular weight excluding hydrogens is 342 g/mol. The summed E-state index contributed by atoms with van der Waals surface area (Å²) in [5, 5.41) is 22.7. The Morgan fingerprint density at radius 1 is 0.889 bits per heavy atom. The van der Waals surface area contributed by atoms with Crippen molar-refractivity contribution < 1.29 is 19.8 Å². The fourth-order valence-electron chi connectivity index (χ4n) is 4.14. The first-order chi connectivity index (χ1) is 12.8. The molecule has 0 amide bonds. The van der Waals surface area contributed by atoms with E-state index < -0.39 is 17.2 Å². The van der Waals surface area contributed by atoms with Crippen LogP contribution < -0.4 is 0 Å². The van der Waals surface area contributed by atoms with Gasteiger partial charge in [0.2, 0.25) is 0 Å². The van der Waals surface area contributed by atoms with E-state index in [1.54, 1.807) is 13.8 Å². The standard InChI is InChI=1S/C22H42NO4/c1-4-5-6-7-8-9-10-11-12-13-14-15-16-17-22(18-20(24)25)19-27-21(2,3)23(22)26/h4-19H2,1-3H3,(H,24,25). The van der Waals surface area contributed by atoms with Gasteiger partial charge in [0.15, 0.2) is 0 Å². The Bertz CT molecular complexity index is 413. The molecule has 1 atom stereocenters. The van der Waals surface area contributed by atoms with Crippen LogP contribution in [0.4, 0.5) is 0 Å². The van der Waals surface area contributed by atoms with Crippen molar-refractivity contribution in [2.24, 2.45) is 0 Å². The molecule has 0 spiro atoms. The molecule has 5 heteroatoms. The van der Waals surface area contributed by atoms with Gasteiger partial charge in [-0.2, -0.15) is 0 Å². The van der Waals surface area contributed by atoms with E-state index in [2.05, 4.69) is 6.92 Å². The molecule has 1 rings (SSSR count). The van der Waals surface area contributed by atoms with Crippen molar-refractivity contribution in [3.63, 3.8) is 0 Å². The summed E-state index contributed by atoms with van der Waals surface area (Å²) in [5.41, 5.74) is -1.82. The Kier molecular flexibility index (Phi) is 11.5. The van der Waals surface area contributed by atoms with Crippen LogP contribution in [-0.4, -0.2) is 34.0 Å². The second-order valence-electron chi connectivity index (χ2n) is 8.82. The van der Waals surface area contributed by atoms with Gasteiger partial charge in [-0.15, -0.1) is 10.3 Å². The molecule has 27 heavy (non-hydrogen) atoms. The van der Waals surface area contributed by atoms with Gasteiger partial charge in [0.1, 0.15) is 5.72 Å². The zero-order chi connectivity index (χ0) is 20.2. The van der Waals surface area contributed by atoms with Crippen LogP contribution in [-0.2, 0) is 14.7 Å². The number of unbranched alkanes of at least 4 members (excludes halogenated alkanes) is 12. The number of nitrogens with zero attached hydrogens (tertiary/aromatic N) is 1. The van der Waals surface area contributed by atoms with Gasteiger partial charge in [-0.25, -0.2) is 0 Å². The second kappa shape index (κ2) is 12.7. The van der Waals surface area contributed by atoms with E-state index in [1.165, 1.54) is 70.6 Å². The highest BCUT2D eigenvalue weighted by Crippen LogP contribution is 2.39. The van der Waals surface area contributed by atoms with E-state index in [4.69, 9.17) is 4.74 Å². The van der Waals surface area contributed by atoms with E-state index in [0.29, 0.717) is 6.42 Å². The lowest BCUT2D eigenvalue weighted by Gasteiger charge is -2.34. The van der Waals surface area contributed by atoms with E-state index in [9.17, 15) is 15.1 Å². The minimum absolute atomic E-state index is 0.141. The van der Waals surface area contributed by atoms with Crippen molar-refractivity contribution in [1.82, 2.24) is 5.06 Å². The van der Waals surface area contributed by atoms with Crippen molar-refractivity contribution in [3.05, 3.63) is 0 Å². The Morgan fingerprint density at radius 3 is 1.70 bits per heavy atom. The average molecular weight is 385 g/mol. The second-order valence-corrected chi connectivity index (χ2v) is 8.82. The third-order valence-corrected chi connectivity index (χ3v) is 5.84. The van der Waals surface area contributed by atoms with Crippen LogP contribution in [0.25, 0.3) is 0 Å². The average Bonchev–Trinajstić information content (AvgIpc) is 2.83. The Balaban J connectivity index is 2.10. The van der Waals surface area contributed by atoms with E-state index in [1.807, 2.05) is 0 Å². The lowest BCUT2D eigenvalue weighted by atomic mass is 9.88. The maximum absolute atomic E-state index is 12.6. The molecule has 0 aromatic rings. The van der Waals surface area contributed by atoms with Crippen LogP contribution in [0.2, 0.25) is 0 Å². The van der Waals surface area contributed by atoms with Gasteiger partial charge in [-0.1, -0.05) is 90.4 Å². The summed E-state index contributed by atoms with van der Waals surface area (Å²) in [4.78, 5) is 11.2. The predicted molar refractivity (Wildman–Crippen MR) is 108 cm³/mol. The van der Waals surface area contributed by atoms with Crippen molar-refractivity contribution >= 4 is 5.97 Å². The number of hydroxylamine groups is 2. The lowest BCUT2D eigenvalue weighted by Crippen LogP contribution is -2.50. The number of carbonyl (C=O) groups is 1. The molecule has 0 saturated carbocycles. The van der Waals surface area contributed by atoms with Gasteiger partial charge >= 0.3 is 5.97 Å². The third kappa shape index (κ3) is 8.93. The quantitative estimate of drug-likeness (QED) is 0.327. The lowest BCUT2D eigenvalue weighted by molar-refractivity contribution is -0.285. The molecule has 1 aliphatic heterocycles. The highest BCUT2D eigenvalue weighted by molar-refractivity contribution is 5.68. The maximum atomic E-state index is 12.6. The summed E-state index contributed by atoms with van der Waals surface area (Å²) in [6.07, 6.45) is 17.0. The molecule has 159 valence electrons. The van der Waals surface area contributed by atoms with Crippen LogP contribution in [0.15, 0.2) is 0 Å². The number of hydrogen-bond acceptors (Lipinski definition) is 3. The van der Waals surface area contributed by atoms with Crippen LogP contribution in [0.5, 0.6) is 0 Å². The third-order valence-electron chi connectivity index (χ3n) is 5.84. The number of carboxylic acid groups (broad SMARTS) is 1. The first kappa shape index (κ1) is 24.4. The van der Waals surface area contributed by atoms with Gasteiger partial charge in [0.05, 0.1) is 18.6 Å². The zero-order valence-corrected chi connectivity index (χ0v) is 17.9. The summed E-state index contributed by atoms with van der Waals surface area (Å²) in [6, 6.07) is 0. The number of ether oxygens (including phenoxy) is 1. The van der Waals surface area contributed by atoms with Crippen LogP contribution in [0.3, 0.4) is 0 Å². The normalized spacial score (nSPS) is 22.4. The minimum atomic E-state index is -0.925. The van der Waals surface area contributed by atoms with E-state index in [-0.39, 0.29) is 13.0 Å². The van der Waals surface area contributed by atoms with Crippen molar-refractivity contribution in [1.29, 1.82) is 0 Å². The highest BCUT2D eigenvalue weighted by Gasteiger charge is 2.53. The molecule has 5 nitrogen and oxygen atoms in total. The fourth-order valence-corrected chi connectivity index (χ4v) is 4.14. The van der Waals surface area contributed by atoms with Crippen LogP contribution in [0.1, 0.15) is 117 Å². The molecule has 1 saturated heterocycles. The molecule has 1 radical (unpaired) electrons. The largest absolute Gasteiger partial charge is 0.481 e. The molecule has 0 aromatic heterocycles. The predicted octanol–water partition coefficient (Wildman–Crippen LogP) is 6.10. The molecule has 1 fully saturated rings. The zero-order valence-electron chi connectivity index (χ0n) is 17.9. The van der Waals surface area contributed by atoms with Gasteiger partial charge in [-0.05, 0) is 20.3 Å². The summed E-state index contributed by atoms with van der Waals surface area (Å²) in [6.45, 7) is 5.90. The fraction of sp³-hybridized carbons (Fsp3) is 0.955. The first-order valence-electron chi connectivity index (χ1n) is 11.2. The van der Waals surface area contributed by atoms with Crippen molar-refractivity contribution in [3.8, 4) is 0 Å². The van der Waals surface area contributed by atoms with Crippen molar-refractivity contribution in [2.75, 3.05) is 6.61 Å². The van der Waals surface area contributed by atoms with Crippen LogP contribution >= 0.6 is 0 Å². The number of hydrogen-bond donors (Lipinski definition) is 1. The van der Waals surface area contributed by atoms with Gasteiger partial charge in [0.25, 0.3) is 0 Å². The maximum Gasteiger partial charge on any atom is 0.305 e. The summed E-state index contributed by atoms with van der Waals surface area (Å²) in [5.74, 6) is -0.924. The number of carboxylic acids is 1. The van der Waals surface area contributed by atoms with Gasteiger partial charge in [-0.3, -0.25) is 4.79 Å². The van der Waals surface area contributed by atoms with Crippen molar-refractivity contribution in [2.45, 2.75) is 128 Å². The molecule has 0 aliphatic carbocycles. The Morgan fingerprint density at radius 2 is 1.33 bits per heavy atom. The number of rotatable bonds is 16. The molecule has 1 unspecified atom stereocenters. The smallest absolute Gasteiger partial charge is 0.305 e. The Hall–Kier alpha value is -0.650. The molecule has 0 aromatic carbocycles. The molecule has 1 N–H and O–H groups in total. The van der Waals surface area contributed by atoms with Gasteiger partial charge in [0, 0.05) is 0 Å². The molecular formula is C22H42NO4. The van der Waals surface area contributed by atoms with E-state index >= 15 is 0 Å². The summed E-state index contributed by atoms with van der Waals surface area (Å²) in [7, 11) is 0. The monoisotopic (exact) mass is 384 g/mol. The topological polar surface area (TPSA) is 69.7 Å². The summed E-state index contributed by atoms with van der Waals surface area (Å²) >= 11 is 0. The SMILES string of the molecule is CCCCCCCCCCCCCCCC1(CC(=O)O)COC(C)(C)N1[O]. The molecule has 1 heterocycles. The number of aliphatic carboxylic acids is 1. The highest BCUT2D eigenvalue weighted by atomic mass is 16.6. The summed E-state index contributed by atoms with van der Waals surface area (Å²) < 4.78 is 5.58. The molecule has 0 bridgehead atoms.